The van der Waals surface area contributed by atoms with Crippen molar-refractivity contribution in [1.29, 1.82) is 0 Å². The van der Waals surface area contributed by atoms with E-state index in [9.17, 15) is 0 Å². The normalized spacial score (nSPS) is 28.3. The second kappa shape index (κ2) is 3.68. The highest BCUT2D eigenvalue weighted by molar-refractivity contribution is 7.80. The number of thiocarbonyl (C=S) groups is 3. The Morgan fingerprint density at radius 3 is 2.05 bits per heavy atom. The number of hydrogen-bond acceptors (Lipinski definition) is 9. The fourth-order valence-electron chi connectivity index (χ4n) is 2.19. The van der Waals surface area contributed by atoms with Crippen LogP contribution in [0.2, 0.25) is 0 Å². The van der Waals surface area contributed by atoms with Gasteiger partial charge in [-0.15, -0.1) is 0 Å². The summed E-state index contributed by atoms with van der Waals surface area (Å²) in [7, 11) is 0. The van der Waals surface area contributed by atoms with Crippen LogP contribution in [0.25, 0.3) is 0 Å². The van der Waals surface area contributed by atoms with Crippen LogP contribution in [-0.2, 0) is 29.5 Å². The molecule has 2 fully saturated rings. The molecular weight excluding hydrogens is 324 g/mol. The minimum Gasteiger partial charge on any atom is -0.417 e. The Bertz CT molecular complexity index is 666. The van der Waals surface area contributed by atoms with Crippen molar-refractivity contribution in [3.8, 4) is 5.75 Å². The topological polar surface area (TPSA) is 55.4 Å². The molecule has 0 amide bonds. The highest BCUT2D eigenvalue weighted by atomic mass is 32.1. The zero-order valence-electron chi connectivity index (χ0n) is 9.48. The van der Waals surface area contributed by atoms with E-state index in [2.05, 4.69) is 0 Å². The van der Waals surface area contributed by atoms with Crippen LogP contribution in [0.5, 0.6) is 5.75 Å². The van der Waals surface area contributed by atoms with Crippen molar-refractivity contribution in [1.82, 2.24) is 0 Å². The number of hydrogen-bond donors (Lipinski definition) is 0. The molecular formula is C11H4O6S3. The molecule has 0 saturated carbocycles. The highest BCUT2D eigenvalue weighted by Gasteiger charge is 2.79. The SMILES string of the molecule is S=C1OC2(O1)OC(=S)OC21OC(=S)Oc2ccccc21. The molecule has 3 aliphatic heterocycles. The van der Waals surface area contributed by atoms with Gasteiger partial charge in [-0.1, -0.05) is 12.1 Å². The Balaban J connectivity index is 1.93. The first-order valence-corrected chi connectivity index (χ1v) is 6.61. The molecule has 102 valence electrons. The molecule has 3 aliphatic rings. The van der Waals surface area contributed by atoms with Crippen LogP contribution < -0.4 is 4.74 Å². The predicted molar refractivity (Wildman–Crippen MR) is 74.7 cm³/mol. The van der Waals surface area contributed by atoms with Crippen molar-refractivity contribution >= 4 is 52.4 Å². The summed E-state index contributed by atoms with van der Waals surface area (Å²) >= 11 is 14.7. The summed E-state index contributed by atoms with van der Waals surface area (Å²) in [5.41, 5.74) is 0.468. The second-order valence-electron chi connectivity index (χ2n) is 4.03. The summed E-state index contributed by atoms with van der Waals surface area (Å²) < 4.78 is 32.2. The summed E-state index contributed by atoms with van der Waals surface area (Å²) in [6, 6.07) is 6.93. The van der Waals surface area contributed by atoms with E-state index in [-0.39, 0.29) is 15.7 Å². The lowest BCUT2D eigenvalue weighted by molar-refractivity contribution is -0.437. The molecule has 6 nitrogen and oxygen atoms in total. The zero-order valence-corrected chi connectivity index (χ0v) is 11.9. The van der Waals surface area contributed by atoms with Crippen LogP contribution in [0, 0.1) is 0 Å². The van der Waals surface area contributed by atoms with Crippen LogP contribution in [0.3, 0.4) is 0 Å². The van der Waals surface area contributed by atoms with E-state index in [1.807, 2.05) is 0 Å². The molecule has 3 heterocycles. The molecule has 0 radical (unpaired) electrons. The van der Waals surface area contributed by atoms with Gasteiger partial charge >= 0.3 is 27.5 Å². The summed E-state index contributed by atoms with van der Waals surface area (Å²) in [6.45, 7) is 0. The summed E-state index contributed by atoms with van der Waals surface area (Å²) in [5.74, 6) is -2.95. The average molecular weight is 328 g/mol. The summed E-state index contributed by atoms with van der Waals surface area (Å²) in [5, 5.41) is -0.468. The molecule has 0 aromatic heterocycles. The lowest BCUT2D eigenvalue weighted by Crippen LogP contribution is -2.64. The van der Waals surface area contributed by atoms with E-state index in [0.29, 0.717) is 11.3 Å². The lowest BCUT2D eigenvalue weighted by Gasteiger charge is -2.44. The van der Waals surface area contributed by atoms with E-state index < -0.39 is 11.8 Å². The predicted octanol–water partition coefficient (Wildman–Crippen LogP) is 1.85. The Kier molecular flexibility index (Phi) is 2.22. The third-order valence-electron chi connectivity index (χ3n) is 2.95. The molecule has 2 spiro atoms. The van der Waals surface area contributed by atoms with E-state index in [1.54, 1.807) is 24.3 Å². The smallest absolute Gasteiger partial charge is 0.417 e. The van der Waals surface area contributed by atoms with Gasteiger partial charge in [0.1, 0.15) is 5.75 Å². The molecule has 2 saturated heterocycles. The maximum Gasteiger partial charge on any atom is 0.514 e. The van der Waals surface area contributed by atoms with Gasteiger partial charge in [-0.25, -0.2) is 0 Å². The highest BCUT2D eigenvalue weighted by Crippen LogP contribution is 2.55. The molecule has 0 N–H and O–H groups in total. The number of para-hydroxylation sites is 1. The van der Waals surface area contributed by atoms with Gasteiger partial charge in [0.15, 0.2) is 0 Å². The maximum atomic E-state index is 5.50. The molecule has 20 heavy (non-hydrogen) atoms. The fraction of sp³-hybridized carbons (Fsp3) is 0.182. The van der Waals surface area contributed by atoms with Crippen LogP contribution in [-0.4, -0.2) is 21.7 Å². The van der Waals surface area contributed by atoms with Crippen molar-refractivity contribution in [2.24, 2.45) is 0 Å². The summed E-state index contributed by atoms with van der Waals surface area (Å²) in [4.78, 5) is 0. The van der Waals surface area contributed by atoms with E-state index in [1.165, 1.54) is 0 Å². The molecule has 4 rings (SSSR count). The van der Waals surface area contributed by atoms with Crippen LogP contribution in [0.1, 0.15) is 5.56 Å². The van der Waals surface area contributed by atoms with Gasteiger partial charge in [-0.3, -0.25) is 0 Å². The van der Waals surface area contributed by atoms with Crippen molar-refractivity contribution in [2.45, 2.75) is 11.8 Å². The Morgan fingerprint density at radius 2 is 1.35 bits per heavy atom. The molecule has 0 aliphatic carbocycles. The Morgan fingerprint density at radius 1 is 0.750 bits per heavy atom. The number of benzene rings is 1. The van der Waals surface area contributed by atoms with E-state index >= 15 is 0 Å². The average Bonchev–Trinajstić information content (AvgIpc) is 2.62. The standard InChI is InChI=1S/C11H4O6S3/c18-7-12-6-4-2-1-3-5(6)10(13-7)11(15-8(19)14-10)16-9(20)17-11/h1-4H. The monoisotopic (exact) mass is 328 g/mol. The van der Waals surface area contributed by atoms with Crippen molar-refractivity contribution in [2.75, 3.05) is 0 Å². The van der Waals surface area contributed by atoms with Gasteiger partial charge in [-0.2, -0.15) is 0 Å². The molecule has 0 bridgehead atoms. The molecule has 1 atom stereocenters. The Hall–Kier alpha value is -1.71. The van der Waals surface area contributed by atoms with E-state index in [4.69, 9.17) is 65.1 Å². The molecule has 1 aromatic carbocycles. The van der Waals surface area contributed by atoms with Crippen molar-refractivity contribution in [3.05, 3.63) is 29.8 Å². The summed E-state index contributed by atoms with van der Waals surface area (Å²) in [6.07, 6.45) is 0. The van der Waals surface area contributed by atoms with Gasteiger partial charge in [0.25, 0.3) is 0 Å². The second-order valence-corrected chi connectivity index (χ2v) is 5.03. The number of fused-ring (bicyclic) bond motifs is 3. The largest absolute Gasteiger partial charge is 0.514 e. The quantitative estimate of drug-likeness (QED) is 0.664. The molecule has 1 unspecified atom stereocenters. The van der Waals surface area contributed by atoms with Gasteiger partial charge in [0.2, 0.25) is 0 Å². The van der Waals surface area contributed by atoms with E-state index in [0.717, 1.165) is 0 Å². The van der Waals surface area contributed by atoms with Crippen molar-refractivity contribution in [3.63, 3.8) is 0 Å². The fourth-order valence-corrected chi connectivity index (χ4v) is 2.85. The first kappa shape index (κ1) is 12.1. The first-order chi connectivity index (χ1) is 9.55. The van der Waals surface area contributed by atoms with Crippen molar-refractivity contribution < 1.29 is 28.4 Å². The van der Waals surface area contributed by atoms with Crippen LogP contribution in [0.15, 0.2) is 24.3 Å². The van der Waals surface area contributed by atoms with Gasteiger partial charge < -0.3 is 28.4 Å². The maximum absolute atomic E-state index is 5.50. The van der Waals surface area contributed by atoms with Crippen LogP contribution in [0.4, 0.5) is 0 Å². The molecule has 1 aromatic rings. The third kappa shape index (κ3) is 1.34. The number of rotatable bonds is 0. The van der Waals surface area contributed by atoms with Crippen LogP contribution >= 0.6 is 36.7 Å². The minimum absolute atomic E-state index is 0.101. The zero-order chi connectivity index (χ0) is 14.0. The Labute approximate surface area is 128 Å². The van der Waals surface area contributed by atoms with Gasteiger partial charge in [0, 0.05) is 36.7 Å². The lowest BCUT2D eigenvalue weighted by atomic mass is 10.0. The third-order valence-corrected chi connectivity index (χ3v) is 3.45. The minimum atomic E-state index is -1.74. The number of ether oxygens (including phenoxy) is 6. The molecule has 9 heteroatoms. The van der Waals surface area contributed by atoms with Gasteiger partial charge in [-0.05, 0) is 12.1 Å². The first-order valence-electron chi connectivity index (χ1n) is 5.39. The van der Waals surface area contributed by atoms with Gasteiger partial charge in [0.05, 0.1) is 5.56 Å².